The summed E-state index contributed by atoms with van der Waals surface area (Å²) in [7, 11) is 1.84. The van der Waals surface area contributed by atoms with Gasteiger partial charge in [-0.1, -0.05) is 0 Å². The minimum Gasteiger partial charge on any atom is -0.481 e. The van der Waals surface area contributed by atoms with Crippen LogP contribution in [0.25, 0.3) is 11.2 Å². The van der Waals surface area contributed by atoms with Gasteiger partial charge in [0, 0.05) is 13.1 Å². The third-order valence-corrected chi connectivity index (χ3v) is 1.41. The Hall–Kier alpha value is -1.45. The summed E-state index contributed by atoms with van der Waals surface area (Å²) >= 11 is 0. The van der Waals surface area contributed by atoms with Crippen molar-refractivity contribution in [3.05, 3.63) is 12.4 Å². The Morgan fingerprint density at radius 3 is 3.20 bits per heavy atom. The fourth-order valence-corrected chi connectivity index (χ4v) is 0.906. The number of hydrogen-bond donors (Lipinski definition) is 1. The van der Waals surface area contributed by atoms with Crippen LogP contribution in [0.1, 0.15) is 0 Å². The zero-order valence-electron chi connectivity index (χ0n) is 5.40. The molecular weight excluding hydrogens is 132 g/mol. The second-order valence-corrected chi connectivity index (χ2v) is 2.13. The summed E-state index contributed by atoms with van der Waals surface area (Å²) in [5.74, 6) is -0.0892. The number of hydrogen-bond acceptors (Lipinski definition) is 3. The van der Waals surface area contributed by atoms with Crippen molar-refractivity contribution in [2.24, 2.45) is 7.05 Å². The van der Waals surface area contributed by atoms with Crippen molar-refractivity contribution < 1.29 is 9.52 Å². The molecule has 0 saturated heterocycles. The highest BCUT2D eigenvalue weighted by Gasteiger charge is 2.04. The molecule has 0 bridgehead atoms. The second kappa shape index (κ2) is 1.53. The zero-order valence-corrected chi connectivity index (χ0v) is 5.40. The summed E-state index contributed by atoms with van der Waals surface area (Å²) in [6.45, 7) is 0. The molecule has 4 nitrogen and oxygen atoms in total. The van der Waals surface area contributed by atoms with Crippen molar-refractivity contribution >= 4 is 11.2 Å². The van der Waals surface area contributed by atoms with Crippen LogP contribution in [-0.4, -0.2) is 14.7 Å². The summed E-state index contributed by atoms with van der Waals surface area (Å²) in [5, 5.41) is 8.85. The smallest absolute Gasteiger partial charge is 0.285 e. The van der Waals surface area contributed by atoms with Crippen LogP contribution in [0.3, 0.4) is 0 Å². The monoisotopic (exact) mass is 138 g/mol. The first-order chi connectivity index (χ1) is 4.77. The van der Waals surface area contributed by atoms with Gasteiger partial charge in [-0.15, -0.1) is 0 Å². The Morgan fingerprint density at radius 1 is 1.70 bits per heavy atom. The molecule has 1 N–H and O–H groups in total. The highest BCUT2D eigenvalue weighted by Crippen LogP contribution is 2.20. The molecule has 2 rings (SSSR count). The average Bonchev–Trinajstić information content (AvgIpc) is 2.35. The van der Waals surface area contributed by atoms with E-state index in [1.54, 1.807) is 10.9 Å². The van der Waals surface area contributed by atoms with Gasteiger partial charge in [0.1, 0.15) is 5.52 Å². The fourth-order valence-electron chi connectivity index (χ4n) is 0.906. The molecule has 2 aromatic heterocycles. The van der Waals surface area contributed by atoms with E-state index in [0.717, 1.165) is 5.52 Å². The molecule has 0 aromatic carbocycles. The van der Waals surface area contributed by atoms with Crippen LogP contribution >= 0.6 is 0 Å². The lowest BCUT2D eigenvalue weighted by atomic mass is 10.5. The van der Waals surface area contributed by atoms with Gasteiger partial charge in [-0.2, -0.15) is 0 Å². The van der Waals surface area contributed by atoms with Crippen LogP contribution in [0.4, 0.5) is 0 Å². The standard InChI is InChI=1S/C6H6N2O2/c1-8-3-7-6-4(8)2-5(9)10-6/h2-3,9H,1H3. The van der Waals surface area contributed by atoms with Gasteiger partial charge in [-0.3, -0.25) is 0 Å². The third-order valence-electron chi connectivity index (χ3n) is 1.41. The van der Waals surface area contributed by atoms with E-state index >= 15 is 0 Å². The van der Waals surface area contributed by atoms with Crippen molar-refractivity contribution in [3.63, 3.8) is 0 Å². The summed E-state index contributed by atoms with van der Waals surface area (Å²) in [5.41, 5.74) is 1.28. The van der Waals surface area contributed by atoms with E-state index in [0.29, 0.717) is 5.71 Å². The molecule has 0 aliphatic heterocycles. The molecule has 0 atom stereocenters. The van der Waals surface area contributed by atoms with E-state index in [1.165, 1.54) is 6.07 Å². The lowest BCUT2D eigenvalue weighted by Crippen LogP contribution is -1.80. The molecule has 0 unspecified atom stereocenters. The molecule has 0 aliphatic rings. The number of aromatic nitrogens is 2. The van der Waals surface area contributed by atoms with Crippen molar-refractivity contribution in [1.29, 1.82) is 0 Å². The molecule has 52 valence electrons. The molecule has 0 fully saturated rings. The molecule has 4 heteroatoms. The average molecular weight is 138 g/mol. The Balaban J connectivity index is 2.90. The predicted molar refractivity (Wildman–Crippen MR) is 34.6 cm³/mol. The molecule has 0 aliphatic carbocycles. The fraction of sp³-hybridized carbons (Fsp3) is 0.167. The van der Waals surface area contributed by atoms with Crippen LogP contribution in [0.15, 0.2) is 16.8 Å². The first-order valence-electron chi connectivity index (χ1n) is 2.87. The SMILES string of the molecule is Cn1cnc2oc(O)cc21. The third kappa shape index (κ3) is 0.528. The number of nitrogens with zero attached hydrogens (tertiary/aromatic N) is 2. The molecule has 2 heterocycles. The van der Waals surface area contributed by atoms with Crippen LogP contribution in [-0.2, 0) is 7.05 Å². The molecule has 10 heavy (non-hydrogen) atoms. The van der Waals surface area contributed by atoms with Gasteiger partial charge >= 0.3 is 0 Å². The van der Waals surface area contributed by atoms with Crippen molar-refractivity contribution in [1.82, 2.24) is 9.55 Å². The zero-order chi connectivity index (χ0) is 7.14. The topological polar surface area (TPSA) is 51.2 Å². The normalized spacial score (nSPS) is 10.9. The Morgan fingerprint density at radius 2 is 2.50 bits per heavy atom. The van der Waals surface area contributed by atoms with Crippen molar-refractivity contribution in [3.8, 4) is 5.95 Å². The lowest BCUT2D eigenvalue weighted by Gasteiger charge is -1.82. The minimum atomic E-state index is -0.0892. The van der Waals surface area contributed by atoms with Crippen LogP contribution in [0.5, 0.6) is 5.95 Å². The van der Waals surface area contributed by atoms with Gasteiger partial charge < -0.3 is 14.1 Å². The van der Waals surface area contributed by atoms with Crippen molar-refractivity contribution in [2.75, 3.05) is 0 Å². The van der Waals surface area contributed by atoms with E-state index in [9.17, 15) is 0 Å². The Labute approximate surface area is 56.7 Å². The highest BCUT2D eigenvalue weighted by atomic mass is 16.5. The second-order valence-electron chi connectivity index (χ2n) is 2.13. The van der Waals surface area contributed by atoms with Gasteiger partial charge in [0.2, 0.25) is 5.71 Å². The molecule has 0 amide bonds. The van der Waals surface area contributed by atoms with E-state index in [-0.39, 0.29) is 5.95 Å². The van der Waals surface area contributed by atoms with E-state index in [1.807, 2.05) is 7.05 Å². The van der Waals surface area contributed by atoms with E-state index in [4.69, 9.17) is 9.52 Å². The number of aromatic hydroxyl groups is 1. The lowest BCUT2D eigenvalue weighted by molar-refractivity contribution is 0.344. The molecule has 2 aromatic rings. The summed E-state index contributed by atoms with van der Waals surface area (Å²) < 4.78 is 6.59. The maximum atomic E-state index is 8.85. The molecule has 0 saturated carbocycles. The number of imidazole rings is 1. The quantitative estimate of drug-likeness (QED) is 0.587. The minimum absolute atomic E-state index is 0.0892. The Kier molecular flexibility index (Phi) is 0.818. The van der Waals surface area contributed by atoms with Gasteiger partial charge in [0.05, 0.1) is 6.33 Å². The van der Waals surface area contributed by atoms with Crippen molar-refractivity contribution in [2.45, 2.75) is 0 Å². The van der Waals surface area contributed by atoms with Crippen LogP contribution < -0.4 is 0 Å². The molecular formula is C6H6N2O2. The van der Waals surface area contributed by atoms with Gasteiger partial charge in [0.25, 0.3) is 5.95 Å². The van der Waals surface area contributed by atoms with E-state index < -0.39 is 0 Å². The largest absolute Gasteiger partial charge is 0.481 e. The van der Waals surface area contributed by atoms with Crippen LogP contribution in [0.2, 0.25) is 0 Å². The van der Waals surface area contributed by atoms with Gasteiger partial charge in [-0.05, 0) is 0 Å². The Bertz CT molecular complexity index is 361. The number of rotatable bonds is 0. The van der Waals surface area contributed by atoms with Crippen LogP contribution in [0, 0.1) is 0 Å². The first kappa shape index (κ1) is 5.34. The number of furan rings is 1. The molecule has 0 spiro atoms. The number of aryl methyl sites for hydroxylation is 1. The highest BCUT2D eigenvalue weighted by molar-refractivity contribution is 5.70. The van der Waals surface area contributed by atoms with Gasteiger partial charge in [-0.25, -0.2) is 4.98 Å². The van der Waals surface area contributed by atoms with Gasteiger partial charge in [0.15, 0.2) is 0 Å². The predicted octanol–water partition coefficient (Wildman–Crippen LogP) is 0.872. The maximum Gasteiger partial charge on any atom is 0.285 e. The van der Waals surface area contributed by atoms with E-state index in [2.05, 4.69) is 4.98 Å². The maximum absolute atomic E-state index is 8.85. The molecule has 0 radical (unpaired) electrons. The summed E-state index contributed by atoms with van der Waals surface area (Å²) in [6, 6.07) is 1.53. The summed E-state index contributed by atoms with van der Waals surface area (Å²) in [4.78, 5) is 3.88. The summed E-state index contributed by atoms with van der Waals surface area (Å²) in [6.07, 6.45) is 1.63. The first-order valence-corrected chi connectivity index (χ1v) is 2.87. The number of fused-ring (bicyclic) bond motifs is 1.